The summed E-state index contributed by atoms with van der Waals surface area (Å²) in [6.07, 6.45) is 8.12. The average Bonchev–Trinajstić information content (AvgIpc) is 3.20. The number of benzene rings is 1. The molecule has 1 unspecified atom stereocenters. The third-order valence-corrected chi connectivity index (χ3v) is 6.90. The van der Waals surface area contributed by atoms with Gasteiger partial charge in [0.2, 0.25) is 5.91 Å². The lowest BCUT2D eigenvalue weighted by Crippen LogP contribution is -2.52. The second kappa shape index (κ2) is 10.7. The van der Waals surface area contributed by atoms with E-state index in [-0.39, 0.29) is 11.9 Å². The van der Waals surface area contributed by atoms with Gasteiger partial charge in [-0.15, -0.1) is 11.3 Å². The number of β-lactam (4-membered cyclic amide) rings is 1. The van der Waals surface area contributed by atoms with E-state index in [4.69, 9.17) is 5.11 Å². The van der Waals surface area contributed by atoms with E-state index in [0.29, 0.717) is 11.3 Å². The summed E-state index contributed by atoms with van der Waals surface area (Å²) in [6, 6.07) is 11.5. The molecule has 1 fully saturated rings. The minimum absolute atomic E-state index is 0.136. The predicted molar refractivity (Wildman–Crippen MR) is 120 cm³/mol. The Morgan fingerprint density at radius 2 is 1.90 bits per heavy atom. The molecule has 2 aromatic rings. The molecule has 2 heterocycles. The third-order valence-electron chi connectivity index (χ3n) is 5.76. The van der Waals surface area contributed by atoms with Gasteiger partial charge in [-0.2, -0.15) is 0 Å². The quantitative estimate of drug-likeness (QED) is 0.341. The number of aryl methyl sites for hydroxylation is 1. The van der Waals surface area contributed by atoms with E-state index in [1.165, 1.54) is 24.2 Å². The zero-order valence-corrected chi connectivity index (χ0v) is 18.4. The van der Waals surface area contributed by atoms with E-state index >= 15 is 0 Å². The van der Waals surface area contributed by atoms with Gasteiger partial charge in [-0.1, -0.05) is 44.7 Å². The minimum Gasteiger partial charge on any atom is -0.477 e. The first kappa shape index (κ1) is 22.5. The Morgan fingerprint density at radius 1 is 1.13 bits per heavy atom. The van der Waals surface area contributed by atoms with E-state index in [1.54, 1.807) is 6.07 Å². The largest absolute Gasteiger partial charge is 0.477 e. The SMILES string of the molecule is CCCCCCC(O)c1ccc(N2C(=O)C[C@@H]2CCCc2ccc(C(=O)O)s2)cc1. The van der Waals surface area contributed by atoms with E-state index in [2.05, 4.69) is 6.92 Å². The fourth-order valence-electron chi connectivity index (χ4n) is 4.00. The van der Waals surface area contributed by atoms with Crippen molar-refractivity contribution in [2.45, 2.75) is 76.9 Å². The first-order valence-corrected chi connectivity index (χ1v) is 11.7. The molecule has 0 radical (unpaired) electrons. The van der Waals surface area contributed by atoms with E-state index in [9.17, 15) is 14.7 Å². The Hall–Kier alpha value is -2.18. The normalized spacial score (nSPS) is 17.1. The van der Waals surface area contributed by atoms with Crippen molar-refractivity contribution in [3.63, 3.8) is 0 Å². The van der Waals surface area contributed by atoms with Gasteiger partial charge in [0.15, 0.2) is 0 Å². The lowest BCUT2D eigenvalue weighted by Gasteiger charge is -2.40. The van der Waals surface area contributed by atoms with Gasteiger partial charge < -0.3 is 15.1 Å². The minimum atomic E-state index is -0.878. The van der Waals surface area contributed by atoms with Crippen molar-refractivity contribution < 1.29 is 19.8 Å². The number of amides is 1. The molecule has 5 nitrogen and oxygen atoms in total. The van der Waals surface area contributed by atoms with Crippen molar-refractivity contribution in [2.24, 2.45) is 0 Å². The van der Waals surface area contributed by atoms with Crippen LogP contribution in [0, 0.1) is 0 Å². The number of rotatable bonds is 12. The number of carbonyl (C=O) groups excluding carboxylic acids is 1. The first-order valence-electron chi connectivity index (χ1n) is 10.9. The van der Waals surface area contributed by atoms with Crippen LogP contribution in [-0.2, 0) is 11.2 Å². The smallest absolute Gasteiger partial charge is 0.345 e. The van der Waals surface area contributed by atoms with Gasteiger partial charge in [0, 0.05) is 23.0 Å². The molecule has 162 valence electrons. The van der Waals surface area contributed by atoms with Gasteiger partial charge in [0.05, 0.1) is 6.10 Å². The maximum Gasteiger partial charge on any atom is 0.345 e. The molecule has 1 saturated heterocycles. The summed E-state index contributed by atoms with van der Waals surface area (Å²) in [5.41, 5.74) is 1.80. The molecule has 1 aromatic carbocycles. The Morgan fingerprint density at radius 3 is 2.53 bits per heavy atom. The van der Waals surface area contributed by atoms with Crippen molar-refractivity contribution in [1.82, 2.24) is 0 Å². The van der Waals surface area contributed by atoms with Crippen LogP contribution in [0.15, 0.2) is 36.4 Å². The van der Waals surface area contributed by atoms with Crippen LogP contribution in [-0.4, -0.2) is 28.1 Å². The van der Waals surface area contributed by atoms with Crippen molar-refractivity contribution in [2.75, 3.05) is 4.90 Å². The lowest BCUT2D eigenvalue weighted by molar-refractivity contribution is -0.124. The van der Waals surface area contributed by atoms with E-state index < -0.39 is 12.1 Å². The molecule has 0 aliphatic carbocycles. The van der Waals surface area contributed by atoms with Crippen LogP contribution in [0.2, 0.25) is 0 Å². The summed E-state index contributed by atoms with van der Waals surface area (Å²) in [5.74, 6) is -0.742. The number of thiophene rings is 1. The Kier molecular flexibility index (Phi) is 8.05. The van der Waals surface area contributed by atoms with Crippen molar-refractivity contribution in [3.05, 3.63) is 51.7 Å². The first-order chi connectivity index (χ1) is 14.5. The van der Waals surface area contributed by atoms with Crippen LogP contribution in [0.5, 0.6) is 0 Å². The fraction of sp³-hybridized carbons (Fsp3) is 0.500. The third kappa shape index (κ3) is 5.70. The summed E-state index contributed by atoms with van der Waals surface area (Å²) < 4.78 is 0. The fourth-order valence-corrected chi connectivity index (χ4v) is 4.88. The molecule has 6 heteroatoms. The second-order valence-electron chi connectivity index (χ2n) is 8.04. The number of hydrogen-bond acceptors (Lipinski definition) is 4. The number of anilines is 1. The monoisotopic (exact) mass is 429 g/mol. The maximum absolute atomic E-state index is 12.2. The number of carbonyl (C=O) groups is 2. The maximum atomic E-state index is 12.2. The number of aliphatic hydroxyl groups is 1. The van der Waals surface area contributed by atoms with Crippen LogP contribution in [0.4, 0.5) is 5.69 Å². The highest BCUT2D eigenvalue weighted by Crippen LogP contribution is 2.32. The zero-order valence-electron chi connectivity index (χ0n) is 17.5. The van der Waals surface area contributed by atoms with Gasteiger partial charge in [0.1, 0.15) is 4.88 Å². The molecule has 2 N–H and O–H groups in total. The van der Waals surface area contributed by atoms with Crippen molar-refractivity contribution in [1.29, 1.82) is 0 Å². The van der Waals surface area contributed by atoms with Crippen molar-refractivity contribution >= 4 is 28.9 Å². The number of carboxylic acid groups (broad SMARTS) is 1. The van der Waals surface area contributed by atoms with E-state index in [0.717, 1.165) is 54.7 Å². The standard InChI is InChI=1S/C24H31NO4S/c1-2-3-4-5-9-21(26)17-10-12-18(13-11-17)25-19(16-23(25)27)7-6-8-20-14-15-22(30-20)24(28)29/h10-15,19,21,26H,2-9,16H2,1H3,(H,28,29)/t19-,21?/m0/s1. The lowest BCUT2D eigenvalue weighted by atomic mass is 9.94. The molecule has 3 rings (SSSR count). The summed E-state index contributed by atoms with van der Waals surface area (Å²) in [7, 11) is 0. The van der Waals surface area contributed by atoms with Gasteiger partial charge in [-0.3, -0.25) is 4.79 Å². The average molecular weight is 430 g/mol. The number of aliphatic hydroxyl groups excluding tert-OH is 1. The highest BCUT2D eigenvalue weighted by molar-refractivity contribution is 7.13. The topological polar surface area (TPSA) is 77.8 Å². The molecule has 1 aliphatic rings. The highest BCUT2D eigenvalue weighted by atomic mass is 32.1. The number of carboxylic acids is 1. The Bertz CT molecular complexity index is 845. The molecule has 0 bridgehead atoms. The summed E-state index contributed by atoms with van der Waals surface area (Å²) in [6.45, 7) is 2.18. The molecule has 0 spiro atoms. The molecular formula is C24H31NO4S. The van der Waals surface area contributed by atoms with Gasteiger partial charge >= 0.3 is 5.97 Å². The summed E-state index contributed by atoms with van der Waals surface area (Å²) >= 11 is 1.32. The summed E-state index contributed by atoms with van der Waals surface area (Å²) in [4.78, 5) is 26.5. The molecule has 0 saturated carbocycles. The molecule has 1 aliphatic heterocycles. The number of unbranched alkanes of at least 4 members (excludes halogenated alkanes) is 3. The van der Waals surface area contributed by atoms with Gasteiger partial charge in [-0.05, 0) is 55.5 Å². The predicted octanol–water partition coefficient (Wildman–Crippen LogP) is 5.58. The van der Waals surface area contributed by atoms with Crippen LogP contribution >= 0.6 is 11.3 Å². The van der Waals surface area contributed by atoms with E-state index in [1.807, 2.05) is 35.2 Å². The van der Waals surface area contributed by atoms with Gasteiger partial charge in [-0.25, -0.2) is 4.79 Å². The second-order valence-corrected chi connectivity index (χ2v) is 9.21. The number of aromatic carboxylic acids is 1. The number of nitrogens with zero attached hydrogens (tertiary/aromatic N) is 1. The highest BCUT2D eigenvalue weighted by Gasteiger charge is 2.36. The van der Waals surface area contributed by atoms with Crippen LogP contribution in [0.1, 0.15) is 84.5 Å². The Balaban J connectivity index is 1.49. The molecule has 30 heavy (non-hydrogen) atoms. The molecular weight excluding hydrogens is 398 g/mol. The Labute approximate surface area is 182 Å². The van der Waals surface area contributed by atoms with Crippen LogP contribution in [0.25, 0.3) is 0 Å². The molecule has 1 amide bonds. The molecule has 1 aromatic heterocycles. The van der Waals surface area contributed by atoms with Crippen molar-refractivity contribution in [3.8, 4) is 0 Å². The van der Waals surface area contributed by atoms with Gasteiger partial charge in [0.25, 0.3) is 0 Å². The van der Waals surface area contributed by atoms with Crippen LogP contribution < -0.4 is 4.90 Å². The zero-order chi connectivity index (χ0) is 21.5. The molecule has 2 atom stereocenters. The number of hydrogen-bond donors (Lipinski definition) is 2. The van der Waals surface area contributed by atoms with Crippen LogP contribution in [0.3, 0.4) is 0 Å². The summed E-state index contributed by atoms with van der Waals surface area (Å²) in [5, 5.41) is 19.4.